The number of rotatable bonds is 2. The van der Waals surface area contributed by atoms with E-state index in [1.807, 2.05) is 18.4 Å². The van der Waals surface area contributed by atoms with Gasteiger partial charge in [0.2, 0.25) is 0 Å². The summed E-state index contributed by atoms with van der Waals surface area (Å²) in [5, 5.41) is 0. The number of aldehydes is 1. The van der Waals surface area contributed by atoms with Crippen molar-refractivity contribution >= 4 is 6.29 Å². The Kier molecular flexibility index (Phi) is 1.85. The van der Waals surface area contributed by atoms with Gasteiger partial charge >= 0.3 is 0 Å². The molecule has 0 saturated carbocycles. The molecule has 0 aliphatic carbocycles. The van der Waals surface area contributed by atoms with Crippen molar-refractivity contribution < 1.29 is 4.79 Å². The molecule has 0 amide bonds. The van der Waals surface area contributed by atoms with E-state index in [1.54, 1.807) is 6.20 Å². The third kappa shape index (κ3) is 0.943. The van der Waals surface area contributed by atoms with Crippen molar-refractivity contribution in [2.75, 3.05) is 0 Å². The standard InChI is InChI=1S/C7H10N2O/c1-3-9-6(2)8-4-7(9)5-10/h4-5H,3H2,1-2H3. The van der Waals surface area contributed by atoms with Crippen LogP contribution in [0.3, 0.4) is 0 Å². The summed E-state index contributed by atoms with van der Waals surface area (Å²) in [6.45, 7) is 4.68. The molecular formula is C7H10N2O. The lowest BCUT2D eigenvalue weighted by Gasteiger charge is -1.99. The Hall–Kier alpha value is -1.12. The predicted octanol–water partition coefficient (Wildman–Crippen LogP) is 1.02. The van der Waals surface area contributed by atoms with Gasteiger partial charge in [-0.15, -0.1) is 0 Å². The summed E-state index contributed by atoms with van der Waals surface area (Å²) in [5.41, 5.74) is 0.653. The number of hydrogen-bond donors (Lipinski definition) is 0. The highest BCUT2D eigenvalue weighted by atomic mass is 16.1. The molecule has 0 unspecified atom stereocenters. The van der Waals surface area contributed by atoms with E-state index in [0.29, 0.717) is 5.69 Å². The van der Waals surface area contributed by atoms with Crippen LogP contribution in [0.5, 0.6) is 0 Å². The summed E-state index contributed by atoms with van der Waals surface area (Å²) in [5.74, 6) is 0.893. The van der Waals surface area contributed by atoms with Crippen LogP contribution < -0.4 is 0 Å². The maximum absolute atomic E-state index is 10.3. The van der Waals surface area contributed by atoms with Crippen LogP contribution in [0.4, 0.5) is 0 Å². The average molecular weight is 138 g/mol. The normalized spacial score (nSPS) is 9.80. The summed E-state index contributed by atoms with van der Waals surface area (Å²) < 4.78 is 1.87. The number of carbonyl (C=O) groups excluding carboxylic acids is 1. The van der Waals surface area contributed by atoms with Crippen LogP contribution >= 0.6 is 0 Å². The highest BCUT2D eigenvalue weighted by Gasteiger charge is 2.01. The zero-order valence-electron chi connectivity index (χ0n) is 6.16. The number of imidazole rings is 1. The minimum atomic E-state index is 0.653. The van der Waals surface area contributed by atoms with Crippen molar-refractivity contribution in [1.29, 1.82) is 0 Å². The van der Waals surface area contributed by atoms with E-state index in [1.165, 1.54) is 0 Å². The fraction of sp³-hybridized carbons (Fsp3) is 0.429. The molecule has 0 aliphatic heterocycles. The van der Waals surface area contributed by atoms with E-state index in [0.717, 1.165) is 18.7 Å². The van der Waals surface area contributed by atoms with Gasteiger partial charge in [-0.3, -0.25) is 4.79 Å². The summed E-state index contributed by atoms with van der Waals surface area (Å²) in [6.07, 6.45) is 2.41. The van der Waals surface area contributed by atoms with E-state index in [4.69, 9.17) is 0 Å². The predicted molar refractivity (Wildman–Crippen MR) is 38.0 cm³/mol. The minimum absolute atomic E-state index is 0.653. The first kappa shape index (κ1) is 6.99. The van der Waals surface area contributed by atoms with Gasteiger partial charge in [-0.25, -0.2) is 4.98 Å². The number of aryl methyl sites for hydroxylation is 1. The van der Waals surface area contributed by atoms with E-state index in [2.05, 4.69) is 4.98 Å². The molecule has 3 nitrogen and oxygen atoms in total. The van der Waals surface area contributed by atoms with Crippen molar-refractivity contribution in [2.45, 2.75) is 20.4 Å². The van der Waals surface area contributed by atoms with Crippen LogP contribution in [0.15, 0.2) is 6.20 Å². The molecule has 0 radical (unpaired) electrons. The molecule has 3 heteroatoms. The molecule has 0 spiro atoms. The Morgan fingerprint density at radius 2 is 2.50 bits per heavy atom. The molecule has 0 aromatic carbocycles. The number of carbonyl (C=O) groups is 1. The summed E-state index contributed by atoms with van der Waals surface area (Å²) >= 11 is 0. The monoisotopic (exact) mass is 138 g/mol. The fourth-order valence-corrected chi connectivity index (χ4v) is 0.991. The average Bonchev–Trinajstić information content (AvgIpc) is 2.30. The second kappa shape index (κ2) is 2.64. The number of hydrogen-bond acceptors (Lipinski definition) is 2. The van der Waals surface area contributed by atoms with Gasteiger partial charge < -0.3 is 4.57 Å². The van der Waals surface area contributed by atoms with Crippen molar-refractivity contribution in [3.63, 3.8) is 0 Å². The lowest BCUT2D eigenvalue weighted by molar-refractivity contribution is 0.111. The van der Waals surface area contributed by atoms with Crippen LogP contribution in [0.25, 0.3) is 0 Å². The van der Waals surface area contributed by atoms with E-state index in [-0.39, 0.29) is 0 Å². The third-order valence-corrected chi connectivity index (χ3v) is 1.52. The number of nitrogens with zero attached hydrogens (tertiary/aromatic N) is 2. The SMILES string of the molecule is CCn1c(C=O)cnc1C. The van der Waals surface area contributed by atoms with Crippen LogP contribution in [0, 0.1) is 6.92 Å². The summed E-state index contributed by atoms with van der Waals surface area (Å²) in [4.78, 5) is 14.3. The van der Waals surface area contributed by atoms with E-state index >= 15 is 0 Å². The van der Waals surface area contributed by atoms with Crippen LogP contribution in [0.2, 0.25) is 0 Å². The molecule has 1 heterocycles. The molecule has 0 saturated heterocycles. The minimum Gasteiger partial charge on any atom is -0.326 e. The van der Waals surface area contributed by atoms with Crippen molar-refractivity contribution in [1.82, 2.24) is 9.55 Å². The highest BCUT2D eigenvalue weighted by molar-refractivity contribution is 5.71. The summed E-state index contributed by atoms with van der Waals surface area (Å²) in [6, 6.07) is 0. The molecule has 1 rings (SSSR count). The number of aromatic nitrogens is 2. The molecule has 1 aromatic heterocycles. The topological polar surface area (TPSA) is 34.9 Å². The molecule has 0 fully saturated rings. The van der Waals surface area contributed by atoms with E-state index in [9.17, 15) is 4.79 Å². The molecule has 10 heavy (non-hydrogen) atoms. The van der Waals surface area contributed by atoms with Crippen LogP contribution in [-0.2, 0) is 6.54 Å². The fourth-order valence-electron chi connectivity index (χ4n) is 0.991. The Morgan fingerprint density at radius 3 is 2.90 bits per heavy atom. The van der Waals surface area contributed by atoms with Gasteiger partial charge in [0, 0.05) is 6.54 Å². The van der Waals surface area contributed by atoms with Gasteiger partial charge in [0.15, 0.2) is 6.29 Å². The van der Waals surface area contributed by atoms with Crippen molar-refractivity contribution in [3.05, 3.63) is 17.7 Å². The smallest absolute Gasteiger partial charge is 0.168 e. The largest absolute Gasteiger partial charge is 0.326 e. The Balaban J connectivity index is 3.12. The lowest BCUT2D eigenvalue weighted by Crippen LogP contribution is -2.01. The van der Waals surface area contributed by atoms with Crippen molar-refractivity contribution in [3.8, 4) is 0 Å². The Labute approximate surface area is 59.7 Å². The van der Waals surface area contributed by atoms with Gasteiger partial charge in [0.1, 0.15) is 11.5 Å². The molecule has 0 aliphatic rings. The first-order chi connectivity index (χ1) is 4.79. The van der Waals surface area contributed by atoms with Gasteiger partial charge in [0.05, 0.1) is 6.20 Å². The van der Waals surface area contributed by atoms with Gasteiger partial charge in [-0.1, -0.05) is 0 Å². The maximum Gasteiger partial charge on any atom is 0.168 e. The van der Waals surface area contributed by atoms with Gasteiger partial charge in [-0.2, -0.15) is 0 Å². The molecule has 0 N–H and O–H groups in total. The zero-order chi connectivity index (χ0) is 7.56. The van der Waals surface area contributed by atoms with Crippen molar-refractivity contribution in [2.24, 2.45) is 0 Å². The molecule has 1 aromatic rings. The molecular weight excluding hydrogens is 128 g/mol. The van der Waals surface area contributed by atoms with Gasteiger partial charge in [-0.05, 0) is 13.8 Å². The Morgan fingerprint density at radius 1 is 1.80 bits per heavy atom. The van der Waals surface area contributed by atoms with Gasteiger partial charge in [0.25, 0.3) is 0 Å². The zero-order valence-corrected chi connectivity index (χ0v) is 6.16. The first-order valence-electron chi connectivity index (χ1n) is 3.27. The van der Waals surface area contributed by atoms with E-state index < -0.39 is 0 Å². The second-order valence-electron chi connectivity index (χ2n) is 2.09. The summed E-state index contributed by atoms with van der Waals surface area (Å²) in [7, 11) is 0. The lowest BCUT2D eigenvalue weighted by atomic mass is 10.5. The van der Waals surface area contributed by atoms with Crippen LogP contribution in [0.1, 0.15) is 23.2 Å². The highest BCUT2D eigenvalue weighted by Crippen LogP contribution is 2.00. The maximum atomic E-state index is 10.3. The van der Waals surface area contributed by atoms with Crippen LogP contribution in [-0.4, -0.2) is 15.8 Å². The quantitative estimate of drug-likeness (QED) is 0.572. The third-order valence-electron chi connectivity index (χ3n) is 1.52. The molecule has 0 bridgehead atoms. The molecule has 0 atom stereocenters. The Bertz CT molecular complexity index is 240. The first-order valence-corrected chi connectivity index (χ1v) is 3.27. The second-order valence-corrected chi connectivity index (χ2v) is 2.09. The molecule has 54 valence electrons.